The first kappa shape index (κ1) is 74.5. The molecule has 0 rings (SSSR count). The molecule has 1 unspecified atom stereocenters. The van der Waals surface area contributed by atoms with Crippen LogP contribution in [0, 0.1) is 0 Å². The second-order valence-electron chi connectivity index (χ2n) is 21.3. The highest BCUT2D eigenvalue weighted by Crippen LogP contribution is 2.15. The predicted molar refractivity (Wildman–Crippen MR) is 343 cm³/mol. The van der Waals surface area contributed by atoms with Gasteiger partial charge in [-0.1, -0.05) is 270 Å². The number of ether oxygens (including phenoxy) is 3. The van der Waals surface area contributed by atoms with Crippen LogP contribution in [0.5, 0.6) is 0 Å². The van der Waals surface area contributed by atoms with Gasteiger partial charge < -0.3 is 14.2 Å². The number of unbranched alkanes of at least 4 members (excludes halogenated alkanes) is 25. The van der Waals surface area contributed by atoms with Crippen molar-refractivity contribution in [2.75, 3.05) is 13.2 Å². The molecule has 0 spiro atoms. The van der Waals surface area contributed by atoms with Gasteiger partial charge in [0.15, 0.2) is 6.10 Å². The van der Waals surface area contributed by atoms with Crippen molar-refractivity contribution in [3.63, 3.8) is 0 Å². The lowest BCUT2D eigenvalue weighted by Gasteiger charge is -2.18. The topological polar surface area (TPSA) is 78.9 Å². The summed E-state index contributed by atoms with van der Waals surface area (Å²) in [5.74, 6) is -0.915. The first-order chi connectivity index (χ1) is 39.0. The number of hydrogen-bond acceptors (Lipinski definition) is 6. The second kappa shape index (κ2) is 66.1. The van der Waals surface area contributed by atoms with E-state index in [1.807, 2.05) is 0 Å². The summed E-state index contributed by atoms with van der Waals surface area (Å²) in [5, 5.41) is 0. The monoisotopic (exact) mass is 1090 g/mol. The fraction of sp³-hybridized carbons (Fsp3) is 0.658. The minimum absolute atomic E-state index is 0.0916. The number of rotatable bonds is 58. The highest BCUT2D eigenvalue weighted by Gasteiger charge is 2.19. The zero-order valence-electron chi connectivity index (χ0n) is 51.3. The van der Waals surface area contributed by atoms with Crippen LogP contribution >= 0.6 is 0 Å². The Bertz CT molecular complexity index is 1680. The van der Waals surface area contributed by atoms with Crippen LogP contribution in [0.2, 0.25) is 0 Å². The molecular weight excluding hydrogens is 973 g/mol. The quantitative estimate of drug-likeness (QED) is 0.0261. The van der Waals surface area contributed by atoms with Crippen molar-refractivity contribution in [1.29, 1.82) is 0 Å². The molecule has 0 saturated carbocycles. The van der Waals surface area contributed by atoms with Crippen LogP contribution in [0.3, 0.4) is 0 Å². The molecule has 0 aromatic heterocycles. The van der Waals surface area contributed by atoms with Gasteiger partial charge in [0.05, 0.1) is 0 Å². The van der Waals surface area contributed by atoms with E-state index in [9.17, 15) is 14.4 Å². The van der Waals surface area contributed by atoms with Crippen molar-refractivity contribution in [3.05, 3.63) is 134 Å². The Kier molecular flexibility index (Phi) is 62.3. The fourth-order valence-electron chi connectivity index (χ4n) is 8.79. The van der Waals surface area contributed by atoms with Crippen LogP contribution in [-0.4, -0.2) is 37.2 Å². The number of carbonyl (C=O) groups excluding carboxylic acids is 3. The number of hydrogen-bond donors (Lipinski definition) is 0. The van der Waals surface area contributed by atoms with Crippen molar-refractivity contribution < 1.29 is 28.6 Å². The van der Waals surface area contributed by atoms with E-state index >= 15 is 0 Å². The lowest BCUT2D eigenvalue weighted by Crippen LogP contribution is -2.30. The van der Waals surface area contributed by atoms with Crippen molar-refractivity contribution in [2.24, 2.45) is 0 Å². The number of carbonyl (C=O) groups is 3. The normalized spacial score (nSPS) is 13.0. The van der Waals surface area contributed by atoms with Gasteiger partial charge in [0.25, 0.3) is 0 Å². The molecule has 0 saturated heterocycles. The predicted octanol–water partition coefficient (Wildman–Crippen LogP) is 22.5. The summed E-state index contributed by atoms with van der Waals surface area (Å²) >= 11 is 0. The minimum atomic E-state index is -0.796. The smallest absolute Gasteiger partial charge is 0.306 e. The standard InChI is InChI=1S/C73H120O6/c1-4-7-10-13-16-19-22-25-27-29-31-33-35-36-38-39-41-43-45-48-51-54-57-60-63-66-72(75)78-69-70(68-77-71(74)65-62-59-56-53-50-47-24-21-18-15-12-9-6-3)79-73(76)67-64-61-58-55-52-49-46-44-42-40-37-34-32-30-28-26-23-20-17-14-11-8-5-2/h7-8,10-11,16-17,19-21,24-28,31-34,36,38,41,43,70H,4-6,9,12-15,18,22-23,29-30,35,37,39-40,42,44-69H2,1-3H3/b10-7-,11-8-,19-16-,20-17-,24-21-,27-25-,28-26-,33-31-,34-32-,38-36-,43-41-. The van der Waals surface area contributed by atoms with Crippen LogP contribution in [0.4, 0.5) is 0 Å². The van der Waals surface area contributed by atoms with E-state index in [0.29, 0.717) is 19.3 Å². The third kappa shape index (κ3) is 64.3. The van der Waals surface area contributed by atoms with Crippen LogP contribution in [0.1, 0.15) is 290 Å². The summed E-state index contributed by atoms with van der Waals surface area (Å²) in [4.78, 5) is 38.4. The van der Waals surface area contributed by atoms with Crippen molar-refractivity contribution in [2.45, 2.75) is 297 Å². The molecule has 0 fully saturated rings. The molecular formula is C73H120O6. The molecule has 0 aliphatic heterocycles. The van der Waals surface area contributed by atoms with Gasteiger partial charge in [0, 0.05) is 19.3 Å². The lowest BCUT2D eigenvalue weighted by molar-refractivity contribution is -0.167. The van der Waals surface area contributed by atoms with E-state index in [1.165, 1.54) is 109 Å². The Hall–Kier alpha value is -4.45. The molecule has 0 bridgehead atoms. The molecule has 0 N–H and O–H groups in total. The van der Waals surface area contributed by atoms with Gasteiger partial charge in [0.2, 0.25) is 0 Å². The van der Waals surface area contributed by atoms with Gasteiger partial charge >= 0.3 is 17.9 Å². The van der Waals surface area contributed by atoms with Gasteiger partial charge in [-0.3, -0.25) is 14.4 Å². The zero-order valence-corrected chi connectivity index (χ0v) is 51.3. The molecule has 0 aromatic carbocycles. The van der Waals surface area contributed by atoms with Gasteiger partial charge in [0.1, 0.15) is 13.2 Å². The Morgan fingerprint density at radius 3 is 0.785 bits per heavy atom. The van der Waals surface area contributed by atoms with E-state index in [1.54, 1.807) is 0 Å². The number of allylic oxidation sites excluding steroid dienone is 22. The fourth-order valence-corrected chi connectivity index (χ4v) is 8.79. The maximum atomic E-state index is 12.9. The molecule has 0 amide bonds. The van der Waals surface area contributed by atoms with E-state index in [2.05, 4.69) is 154 Å². The molecule has 0 aromatic rings. The molecule has 448 valence electrons. The third-order valence-corrected chi connectivity index (χ3v) is 13.6. The van der Waals surface area contributed by atoms with Crippen LogP contribution in [-0.2, 0) is 28.6 Å². The lowest BCUT2D eigenvalue weighted by atomic mass is 10.0. The Morgan fingerprint density at radius 2 is 0.494 bits per heavy atom. The van der Waals surface area contributed by atoms with E-state index in [4.69, 9.17) is 14.2 Å². The average Bonchev–Trinajstić information content (AvgIpc) is 3.45. The van der Waals surface area contributed by atoms with Gasteiger partial charge in [-0.05, 0) is 135 Å². The SMILES string of the molecule is CC/C=C\C/C=C\C/C=C\C/C=C\C/C=C\C/C=C\CCCCCCCCC(=O)OCC(COC(=O)CCCCCCC/C=C\CCCCCC)OC(=O)CCCCCCCCCCCC/C=C\C/C=C\C/C=C\C/C=C\CC. The molecule has 6 heteroatoms. The van der Waals surface area contributed by atoms with E-state index in [-0.39, 0.29) is 31.1 Å². The summed E-state index contributed by atoms with van der Waals surface area (Å²) in [7, 11) is 0. The molecule has 0 aliphatic carbocycles. The van der Waals surface area contributed by atoms with Crippen molar-refractivity contribution in [1.82, 2.24) is 0 Å². The second-order valence-corrected chi connectivity index (χ2v) is 21.3. The minimum Gasteiger partial charge on any atom is -0.462 e. The van der Waals surface area contributed by atoms with Crippen molar-refractivity contribution >= 4 is 17.9 Å². The summed E-state index contributed by atoms with van der Waals surface area (Å²) in [6.45, 7) is 6.39. The van der Waals surface area contributed by atoms with Gasteiger partial charge in [-0.25, -0.2) is 0 Å². The first-order valence-corrected chi connectivity index (χ1v) is 32.7. The van der Waals surface area contributed by atoms with Crippen molar-refractivity contribution in [3.8, 4) is 0 Å². The maximum absolute atomic E-state index is 12.9. The summed E-state index contributed by atoms with van der Waals surface area (Å²) < 4.78 is 16.9. The molecule has 0 radical (unpaired) electrons. The molecule has 0 aliphatic rings. The molecule has 0 heterocycles. The van der Waals surface area contributed by atoms with Crippen LogP contribution in [0.25, 0.3) is 0 Å². The summed E-state index contributed by atoms with van der Waals surface area (Å²) in [6.07, 6.45) is 93.1. The molecule has 6 nitrogen and oxygen atoms in total. The van der Waals surface area contributed by atoms with Crippen LogP contribution in [0.15, 0.2) is 134 Å². The average molecular weight is 1090 g/mol. The van der Waals surface area contributed by atoms with Crippen LogP contribution < -0.4 is 0 Å². The molecule has 79 heavy (non-hydrogen) atoms. The van der Waals surface area contributed by atoms with Gasteiger partial charge in [-0.15, -0.1) is 0 Å². The maximum Gasteiger partial charge on any atom is 0.306 e. The van der Waals surface area contributed by atoms with E-state index < -0.39 is 6.10 Å². The Balaban J connectivity index is 4.39. The summed E-state index contributed by atoms with van der Waals surface area (Å²) in [6, 6.07) is 0. The highest BCUT2D eigenvalue weighted by molar-refractivity contribution is 5.71. The zero-order chi connectivity index (χ0) is 57.1. The number of esters is 3. The summed E-state index contributed by atoms with van der Waals surface area (Å²) in [5.41, 5.74) is 0. The Morgan fingerprint density at radius 1 is 0.266 bits per heavy atom. The molecule has 1 atom stereocenters. The van der Waals surface area contributed by atoms with Gasteiger partial charge in [-0.2, -0.15) is 0 Å². The highest BCUT2D eigenvalue weighted by atomic mass is 16.6. The first-order valence-electron chi connectivity index (χ1n) is 32.7. The third-order valence-electron chi connectivity index (χ3n) is 13.6. The Labute approximate surface area is 487 Å². The largest absolute Gasteiger partial charge is 0.462 e. The van der Waals surface area contributed by atoms with E-state index in [0.717, 1.165) is 141 Å².